The molecule has 4 nitrogen and oxygen atoms in total. The highest BCUT2D eigenvalue weighted by Gasteiger charge is 2.34. The molecule has 1 aliphatic rings. The predicted molar refractivity (Wildman–Crippen MR) is 67.6 cm³/mol. The van der Waals surface area contributed by atoms with Crippen molar-refractivity contribution in [1.29, 1.82) is 0 Å². The molecule has 2 rings (SSSR count). The molecule has 4 heteroatoms. The van der Waals surface area contributed by atoms with Crippen LogP contribution in [-0.2, 0) is 16.6 Å². The molecule has 0 atom stereocenters. The van der Waals surface area contributed by atoms with Gasteiger partial charge in [0.05, 0.1) is 12.1 Å². The van der Waals surface area contributed by atoms with E-state index in [1.807, 2.05) is 6.92 Å². The van der Waals surface area contributed by atoms with E-state index in [4.69, 9.17) is 9.52 Å². The van der Waals surface area contributed by atoms with Gasteiger partial charge in [-0.3, -0.25) is 4.79 Å². The van der Waals surface area contributed by atoms with Gasteiger partial charge in [-0.1, -0.05) is 26.2 Å². The summed E-state index contributed by atoms with van der Waals surface area (Å²) in [5.41, 5.74) is 0.851. The summed E-state index contributed by atoms with van der Waals surface area (Å²) in [4.78, 5) is 15.1. The first-order valence-corrected chi connectivity index (χ1v) is 6.70. The van der Waals surface area contributed by atoms with Crippen LogP contribution in [0.2, 0.25) is 0 Å². The van der Waals surface area contributed by atoms with Crippen molar-refractivity contribution in [2.75, 3.05) is 0 Å². The maximum atomic E-state index is 10.6. The lowest BCUT2D eigenvalue weighted by atomic mass is 9.75. The van der Waals surface area contributed by atoms with Gasteiger partial charge in [-0.25, -0.2) is 4.98 Å². The van der Waals surface area contributed by atoms with Gasteiger partial charge in [0, 0.05) is 11.8 Å². The summed E-state index contributed by atoms with van der Waals surface area (Å²) in [6.07, 6.45) is 6.55. The van der Waals surface area contributed by atoms with Gasteiger partial charge in [-0.2, -0.15) is 0 Å². The van der Waals surface area contributed by atoms with E-state index < -0.39 is 5.97 Å². The summed E-state index contributed by atoms with van der Waals surface area (Å²) < 4.78 is 5.79. The van der Waals surface area contributed by atoms with Crippen LogP contribution in [0.4, 0.5) is 0 Å². The van der Waals surface area contributed by atoms with Gasteiger partial charge in [0.2, 0.25) is 5.89 Å². The van der Waals surface area contributed by atoms with Crippen molar-refractivity contribution in [2.45, 2.75) is 64.2 Å². The second kappa shape index (κ2) is 5.12. The summed E-state index contributed by atoms with van der Waals surface area (Å²) in [5.74, 6) is 0.793. The Labute approximate surface area is 107 Å². The Morgan fingerprint density at radius 3 is 2.67 bits per heavy atom. The molecule has 0 spiro atoms. The minimum atomic E-state index is -0.789. The number of aromatic nitrogens is 1. The monoisotopic (exact) mass is 251 g/mol. The molecular weight excluding hydrogens is 230 g/mol. The molecule has 0 unspecified atom stereocenters. The first kappa shape index (κ1) is 13.1. The number of carboxylic acids is 1. The molecule has 1 fully saturated rings. The molecule has 0 aliphatic heterocycles. The van der Waals surface area contributed by atoms with Crippen LogP contribution in [0.15, 0.2) is 4.42 Å². The van der Waals surface area contributed by atoms with Crippen molar-refractivity contribution in [2.24, 2.45) is 0 Å². The second-order valence-electron chi connectivity index (χ2n) is 5.54. The van der Waals surface area contributed by atoms with Crippen molar-refractivity contribution in [3.8, 4) is 0 Å². The van der Waals surface area contributed by atoms with Crippen LogP contribution in [-0.4, -0.2) is 16.1 Å². The Hall–Kier alpha value is -1.32. The fourth-order valence-corrected chi connectivity index (χ4v) is 2.69. The summed E-state index contributed by atoms with van der Waals surface area (Å²) >= 11 is 0. The highest BCUT2D eigenvalue weighted by molar-refractivity contribution is 5.67. The van der Waals surface area contributed by atoms with Gasteiger partial charge in [0.1, 0.15) is 5.76 Å². The molecule has 1 heterocycles. The Kier molecular flexibility index (Phi) is 3.73. The zero-order valence-corrected chi connectivity index (χ0v) is 11.2. The Morgan fingerprint density at radius 1 is 1.39 bits per heavy atom. The molecule has 0 bridgehead atoms. The lowest BCUT2D eigenvalue weighted by molar-refractivity contribution is -0.136. The van der Waals surface area contributed by atoms with Crippen molar-refractivity contribution < 1.29 is 14.3 Å². The highest BCUT2D eigenvalue weighted by atomic mass is 16.4. The number of aliphatic carboxylic acids is 1. The number of aryl methyl sites for hydroxylation is 2. The van der Waals surface area contributed by atoms with Crippen molar-refractivity contribution in [1.82, 2.24) is 4.98 Å². The third-order valence-electron chi connectivity index (χ3n) is 3.94. The number of hydrogen-bond acceptors (Lipinski definition) is 3. The summed E-state index contributed by atoms with van der Waals surface area (Å²) in [7, 11) is 0. The number of carboxylic acid groups (broad SMARTS) is 1. The first-order chi connectivity index (χ1) is 8.51. The molecule has 18 heavy (non-hydrogen) atoms. The van der Waals surface area contributed by atoms with Gasteiger partial charge in [0.15, 0.2) is 0 Å². The topological polar surface area (TPSA) is 63.3 Å². The van der Waals surface area contributed by atoms with E-state index in [0.29, 0.717) is 6.42 Å². The van der Waals surface area contributed by atoms with Gasteiger partial charge in [0.25, 0.3) is 0 Å². The lowest BCUT2D eigenvalue weighted by Crippen LogP contribution is -2.25. The van der Waals surface area contributed by atoms with Crippen LogP contribution in [0, 0.1) is 6.92 Å². The minimum absolute atomic E-state index is 0.0461. The predicted octanol–water partition coefficient (Wildman–Crippen LogP) is 3.22. The van der Waals surface area contributed by atoms with E-state index in [9.17, 15) is 4.79 Å². The molecular formula is C14H21NO3. The van der Waals surface area contributed by atoms with Crippen molar-refractivity contribution >= 4 is 5.97 Å². The molecule has 1 aliphatic carbocycles. The molecule has 0 aromatic carbocycles. The standard InChI is InChI=1S/C14H21NO3/c1-10-11(6-7-12(16)17)15-13(18-10)14(2)8-4-3-5-9-14/h3-9H2,1-2H3,(H,16,17). The maximum Gasteiger partial charge on any atom is 0.303 e. The fourth-order valence-electron chi connectivity index (χ4n) is 2.69. The smallest absolute Gasteiger partial charge is 0.303 e. The highest BCUT2D eigenvalue weighted by Crippen LogP contribution is 2.39. The average molecular weight is 251 g/mol. The maximum absolute atomic E-state index is 10.6. The number of oxazole rings is 1. The molecule has 0 amide bonds. The molecule has 100 valence electrons. The molecule has 0 radical (unpaired) electrons. The Balaban J connectivity index is 2.14. The van der Waals surface area contributed by atoms with Gasteiger partial charge in [-0.15, -0.1) is 0 Å². The van der Waals surface area contributed by atoms with Gasteiger partial charge >= 0.3 is 5.97 Å². The molecule has 1 aromatic heterocycles. The van der Waals surface area contributed by atoms with Crippen LogP contribution < -0.4 is 0 Å². The van der Waals surface area contributed by atoms with E-state index in [0.717, 1.165) is 30.2 Å². The second-order valence-corrected chi connectivity index (χ2v) is 5.54. The van der Waals surface area contributed by atoms with Crippen LogP contribution >= 0.6 is 0 Å². The van der Waals surface area contributed by atoms with E-state index in [-0.39, 0.29) is 11.8 Å². The number of rotatable bonds is 4. The van der Waals surface area contributed by atoms with Crippen LogP contribution in [0.1, 0.15) is 62.8 Å². The van der Waals surface area contributed by atoms with Crippen LogP contribution in [0.25, 0.3) is 0 Å². The van der Waals surface area contributed by atoms with Crippen molar-refractivity contribution in [3.63, 3.8) is 0 Å². The SMILES string of the molecule is Cc1oc(C2(C)CCCCC2)nc1CCC(=O)O. The molecule has 1 N–H and O–H groups in total. The van der Waals surface area contributed by atoms with Gasteiger partial charge in [-0.05, 0) is 19.8 Å². The molecule has 0 saturated heterocycles. The normalized spacial score (nSPS) is 18.8. The third kappa shape index (κ3) is 2.74. The summed E-state index contributed by atoms with van der Waals surface area (Å²) in [5, 5.41) is 8.71. The number of hydrogen-bond donors (Lipinski definition) is 1. The van der Waals surface area contributed by atoms with E-state index >= 15 is 0 Å². The van der Waals surface area contributed by atoms with Crippen molar-refractivity contribution in [3.05, 3.63) is 17.3 Å². The number of nitrogens with zero attached hydrogens (tertiary/aromatic N) is 1. The molecule has 1 saturated carbocycles. The largest absolute Gasteiger partial charge is 0.481 e. The first-order valence-electron chi connectivity index (χ1n) is 6.70. The Morgan fingerprint density at radius 2 is 2.06 bits per heavy atom. The summed E-state index contributed by atoms with van der Waals surface area (Å²) in [6, 6.07) is 0. The van der Waals surface area contributed by atoms with E-state index in [1.54, 1.807) is 0 Å². The molecule has 1 aromatic rings. The lowest BCUT2D eigenvalue weighted by Gasteiger charge is -2.30. The zero-order chi connectivity index (χ0) is 13.2. The third-order valence-corrected chi connectivity index (χ3v) is 3.94. The Bertz CT molecular complexity index is 430. The van der Waals surface area contributed by atoms with Crippen LogP contribution in [0.5, 0.6) is 0 Å². The summed E-state index contributed by atoms with van der Waals surface area (Å²) in [6.45, 7) is 4.08. The van der Waals surface area contributed by atoms with E-state index in [2.05, 4.69) is 11.9 Å². The van der Waals surface area contributed by atoms with Gasteiger partial charge < -0.3 is 9.52 Å². The average Bonchev–Trinajstić information content (AvgIpc) is 2.70. The fraction of sp³-hybridized carbons (Fsp3) is 0.714. The zero-order valence-electron chi connectivity index (χ0n) is 11.2. The quantitative estimate of drug-likeness (QED) is 0.892. The van der Waals surface area contributed by atoms with Crippen LogP contribution in [0.3, 0.4) is 0 Å². The number of carbonyl (C=O) groups is 1. The van der Waals surface area contributed by atoms with E-state index in [1.165, 1.54) is 19.3 Å². The minimum Gasteiger partial charge on any atom is -0.481 e.